The lowest BCUT2D eigenvalue weighted by Gasteiger charge is -2.16. The highest BCUT2D eigenvalue weighted by Gasteiger charge is 2.21. The van der Waals surface area contributed by atoms with Gasteiger partial charge in [-0.05, 0) is 12.8 Å². The summed E-state index contributed by atoms with van der Waals surface area (Å²) in [6.07, 6.45) is 4.24. The lowest BCUT2D eigenvalue weighted by molar-refractivity contribution is -0.148. The average molecular weight is 272 g/mol. The molecule has 19 heavy (non-hydrogen) atoms. The number of rotatable bonds is 10. The molecule has 1 atom stereocenters. The molecule has 0 aliphatic carbocycles. The Morgan fingerprint density at radius 2 is 1.89 bits per heavy atom. The minimum atomic E-state index is -0.795. The number of primary amides is 1. The second-order valence-corrected chi connectivity index (χ2v) is 4.49. The Bertz CT molecular complexity index is 305. The van der Waals surface area contributed by atoms with Crippen LogP contribution in [-0.4, -0.2) is 30.4 Å². The van der Waals surface area contributed by atoms with Crippen LogP contribution in [0.4, 0.5) is 0 Å². The summed E-state index contributed by atoms with van der Waals surface area (Å²) >= 11 is 0. The molecule has 0 aromatic carbocycles. The first-order valence-electron chi connectivity index (χ1n) is 6.69. The van der Waals surface area contributed by atoms with E-state index in [0.29, 0.717) is 6.61 Å². The lowest BCUT2D eigenvalue weighted by atomic mass is 10.1. The fraction of sp³-hybridized carbons (Fsp3) is 0.769. The van der Waals surface area contributed by atoms with Gasteiger partial charge >= 0.3 is 5.97 Å². The van der Waals surface area contributed by atoms with Gasteiger partial charge in [0.25, 0.3) is 0 Å². The molecule has 0 aromatic heterocycles. The van der Waals surface area contributed by atoms with Gasteiger partial charge in [-0.2, -0.15) is 0 Å². The Hall–Kier alpha value is -1.59. The van der Waals surface area contributed by atoms with E-state index in [0.717, 1.165) is 25.7 Å². The van der Waals surface area contributed by atoms with Crippen LogP contribution in [0.5, 0.6) is 0 Å². The van der Waals surface area contributed by atoms with Gasteiger partial charge in [0, 0.05) is 13.3 Å². The highest BCUT2D eigenvalue weighted by molar-refractivity contribution is 5.84. The summed E-state index contributed by atoms with van der Waals surface area (Å²) in [6.45, 7) is 3.75. The molecule has 110 valence electrons. The highest BCUT2D eigenvalue weighted by atomic mass is 16.5. The van der Waals surface area contributed by atoms with E-state index in [1.54, 1.807) is 0 Å². The molecule has 0 aliphatic rings. The molecule has 0 unspecified atom stereocenters. The zero-order valence-corrected chi connectivity index (χ0v) is 11.7. The molecule has 3 N–H and O–H groups in total. The van der Waals surface area contributed by atoms with Crippen molar-refractivity contribution in [3.63, 3.8) is 0 Å². The third-order valence-electron chi connectivity index (χ3n) is 2.58. The summed E-state index contributed by atoms with van der Waals surface area (Å²) in [7, 11) is 0. The van der Waals surface area contributed by atoms with Crippen LogP contribution >= 0.6 is 0 Å². The van der Waals surface area contributed by atoms with Gasteiger partial charge in [-0.3, -0.25) is 9.59 Å². The molecule has 0 bridgehead atoms. The summed E-state index contributed by atoms with van der Waals surface area (Å²) in [4.78, 5) is 33.4. The summed E-state index contributed by atoms with van der Waals surface area (Å²) in [6, 6.07) is -0.795. The monoisotopic (exact) mass is 272 g/mol. The minimum absolute atomic E-state index is 0.0376. The summed E-state index contributed by atoms with van der Waals surface area (Å²) in [5.74, 6) is -1.35. The number of ether oxygens (including phenoxy) is 1. The molecule has 0 saturated carbocycles. The van der Waals surface area contributed by atoms with E-state index < -0.39 is 17.9 Å². The van der Waals surface area contributed by atoms with E-state index in [2.05, 4.69) is 12.2 Å². The minimum Gasteiger partial charge on any atom is -0.464 e. The fourth-order valence-electron chi connectivity index (χ4n) is 1.58. The van der Waals surface area contributed by atoms with Gasteiger partial charge in [0.15, 0.2) is 0 Å². The SMILES string of the molecule is CCCCCCOC(=O)[C@H](CCC(N)=O)NC(C)=O. The van der Waals surface area contributed by atoms with E-state index in [9.17, 15) is 14.4 Å². The predicted molar refractivity (Wildman–Crippen MR) is 71.1 cm³/mol. The van der Waals surface area contributed by atoms with Crippen LogP contribution in [0.25, 0.3) is 0 Å². The third kappa shape index (κ3) is 10.1. The quantitative estimate of drug-likeness (QED) is 0.455. The number of nitrogens with one attached hydrogen (secondary N) is 1. The maximum absolute atomic E-state index is 11.7. The lowest BCUT2D eigenvalue weighted by Crippen LogP contribution is -2.41. The largest absolute Gasteiger partial charge is 0.464 e. The molecule has 0 saturated heterocycles. The number of hydrogen-bond donors (Lipinski definition) is 2. The van der Waals surface area contributed by atoms with E-state index in [1.807, 2.05) is 0 Å². The summed E-state index contributed by atoms with van der Waals surface area (Å²) in [5, 5.41) is 2.47. The van der Waals surface area contributed by atoms with Gasteiger partial charge in [0.1, 0.15) is 6.04 Å². The van der Waals surface area contributed by atoms with Crippen LogP contribution in [0, 0.1) is 0 Å². The number of carbonyl (C=O) groups is 3. The van der Waals surface area contributed by atoms with Crippen molar-refractivity contribution in [3.05, 3.63) is 0 Å². The van der Waals surface area contributed by atoms with E-state index >= 15 is 0 Å². The molecule has 0 aliphatic heterocycles. The van der Waals surface area contributed by atoms with Gasteiger partial charge in [0.05, 0.1) is 6.61 Å². The molecule has 2 amide bonds. The highest BCUT2D eigenvalue weighted by Crippen LogP contribution is 2.03. The van der Waals surface area contributed by atoms with Crippen molar-refractivity contribution in [2.75, 3.05) is 6.61 Å². The van der Waals surface area contributed by atoms with Crippen molar-refractivity contribution < 1.29 is 19.1 Å². The van der Waals surface area contributed by atoms with Crippen molar-refractivity contribution in [1.82, 2.24) is 5.32 Å². The normalized spacial score (nSPS) is 11.7. The molecule has 0 fully saturated rings. The number of hydrogen-bond acceptors (Lipinski definition) is 4. The van der Waals surface area contributed by atoms with Gasteiger partial charge in [-0.15, -0.1) is 0 Å². The van der Waals surface area contributed by atoms with Gasteiger partial charge in [0.2, 0.25) is 11.8 Å². The number of esters is 1. The number of unbranched alkanes of at least 4 members (excludes halogenated alkanes) is 3. The second kappa shape index (κ2) is 10.3. The number of nitrogens with two attached hydrogens (primary N) is 1. The van der Waals surface area contributed by atoms with Crippen LogP contribution in [0.2, 0.25) is 0 Å². The number of carbonyl (C=O) groups excluding carboxylic acids is 3. The van der Waals surface area contributed by atoms with Crippen molar-refractivity contribution in [2.45, 2.75) is 58.4 Å². The van der Waals surface area contributed by atoms with E-state index in [1.165, 1.54) is 6.92 Å². The smallest absolute Gasteiger partial charge is 0.328 e. The number of amides is 2. The first-order valence-corrected chi connectivity index (χ1v) is 6.69. The standard InChI is InChI=1S/C13H24N2O4/c1-3-4-5-6-9-19-13(18)11(15-10(2)16)7-8-12(14)17/h11H,3-9H2,1-2H3,(H2,14,17)(H,15,16)/t11-/m0/s1. The molecule has 0 radical (unpaired) electrons. The Balaban J connectivity index is 4.06. The van der Waals surface area contributed by atoms with Crippen LogP contribution in [0.15, 0.2) is 0 Å². The first kappa shape index (κ1) is 17.4. The van der Waals surface area contributed by atoms with Crippen LogP contribution in [0.3, 0.4) is 0 Å². The van der Waals surface area contributed by atoms with Crippen molar-refractivity contribution >= 4 is 17.8 Å². The van der Waals surface area contributed by atoms with Crippen LogP contribution in [-0.2, 0) is 19.1 Å². The van der Waals surface area contributed by atoms with E-state index in [-0.39, 0.29) is 18.7 Å². The summed E-state index contributed by atoms with van der Waals surface area (Å²) in [5.41, 5.74) is 5.02. The van der Waals surface area contributed by atoms with Crippen LogP contribution < -0.4 is 11.1 Å². The Morgan fingerprint density at radius 1 is 1.21 bits per heavy atom. The van der Waals surface area contributed by atoms with Crippen molar-refractivity contribution in [1.29, 1.82) is 0 Å². The zero-order valence-electron chi connectivity index (χ0n) is 11.7. The van der Waals surface area contributed by atoms with Gasteiger partial charge in [-0.25, -0.2) is 4.79 Å². The molecule has 0 spiro atoms. The molecular formula is C13H24N2O4. The Labute approximate surface area is 114 Å². The molecular weight excluding hydrogens is 248 g/mol. The van der Waals surface area contributed by atoms with Crippen molar-refractivity contribution in [3.8, 4) is 0 Å². The van der Waals surface area contributed by atoms with Crippen molar-refractivity contribution in [2.24, 2.45) is 5.73 Å². The van der Waals surface area contributed by atoms with Gasteiger partial charge in [-0.1, -0.05) is 26.2 Å². The topological polar surface area (TPSA) is 98.5 Å². The Kier molecular flexibility index (Phi) is 9.48. The van der Waals surface area contributed by atoms with Gasteiger partial charge < -0.3 is 15.8 Å². The second-order valence-electron chi connectivity index (χ2n) is 4.49. The predicted octanol–water partition coefficient (Wildman–Crippen LogP) is 0.880. The van der Waals surface area contributed by atoms with E-state index in [4.69, 9.17) is 10.5 Å². The summed E-state index contributed by atoms with van der Waals surface area (Å²) < 4.78 is 5.08. The van der Waals surface area contributed by atoms with Crippen LogP contribution in [0.1, 0.15) is 52.4 Å². The first-order chi connectivity index (χ1) is 8.97. The maximum atomic E-state index is 11.7. The molecule has 6 heteroatoms. The fourth-order valence-corrected chi connectivity index (χ4v) is 1.58. The molecule has 0 heterocycles. The maximum Gasteiger partial charge on any atom is 0.328 e. The molecule has 6 nitrogen and oxygen atoms in total. The Morgan fingerprint density at radius 3 is 2.42 bits per heavy atom. The third-order valence-corrected chi connectivity index (χ3v) is 2.58. The molecule has 0 aromatic rings. The zero-order chi connectivity index (χ0) is 14.7. The molecule has 0 rings (SSSR count). The average Bonchev–Trinajstić information content (AvgIpc) is 2.33.